The fraction of sp³-hybridized carbons (Fsp3) is 0.591. The van der Waals surface area contributed by atoms with Gasteiger partial charge in [-0.15, -0.1) is 0 Å². The third-order valence-electron chi connectivity index (χ3n) is 5.44. The van der Waals surface area contributed by atoms with Gasteiger partial charge in [0, 0.05) is 30.1 Å². The molecule has 30 heavy (non-hydrogen) atoms. The van der Waals surface area contributed by atoms with Gasteiger partial charge in [-0.1, -0.05) is 12.1 Å². The summed E-state index contributed by atoms with van der Waals surface area (Å²) in [6, 6.07) is 7.42. The predicted molar refractivity (Wildman–Crippen MR) is 118 cm³/mol. The van der Waals surface area contributed by atoms with E-state index in [1.807, 2.05) is 45.0 Å². The molecule has 0 aliphatic carbocycles. The van der Waals surface area contributed by atoms with Crippen molar-refractivity contribution in [1.29, 1.82) is 0 Å². The van der Waals surface area contributed by atoms with Gasteiger partial charge < -0.3 is 19.9 Å². The van der Waals surface area contributed by atoms with Gasteiger partial charge in [0.15, 0.2) is 0 Å². The van der Waals surface area contributed by atoms with E-state index in [1.165, 1.54) is 0 Å². The van der Waals surface area contributed by atoms with Gasteiger partial charge in [0.25, 0.3) is 0 Å². The summed E-state index contributed by atoms with van der Waals surface area (Å²) in [4.78, 5) is 41.8. The van der Waals surface area contributed by atoms with Crippen molar-refractivity contribution in [1.82, 2.24) is 10.2 Å². The number of hydrogen-bond acceptors (Lipinski definition) is 4. The van der Waals surface area contributed by atoms with Crippen molar-refractivity contribution >= 4 is 39.5 Å². The topological polar surface area (TPSA) is 79.0 Å². The maximum Gasteiger partial charge on any atom is 0.407 e. The third kappa shape index (κ3) is 5.33. The average molecular weight is 480 g/mol. The summed E-state index contributed by atoms with van der Waals surface area (Å²) < 4.78 is 6.13. The minimum absolute atomic E-state index is 0.121. The van der Waals surface area contributed by atoms with Crippen LogP contribution in [0.5, 0.6) is 0 Å². The zero-order valence-electron chi connectivity index (χ0n) is 17.8. The lowest BCUT2D eigenvalue weighted by atomic mass is 9.98. The number of para-hydroxylation sites is 1. The first-order valence-electron chi connectivity index (χ1n) is 10.5. The minimum atomic E-state index is -0.667. The molecule has 0 bridgehead atoms. The molecule has 7 nitrogen and oxygen atoms in total. The summed E-state index contributed by atoms with van der Waals surface area (Å²) in [5.41, 5.74) is 0.219. The normalized spacial score (nSPS) is 22.2. The average Bonchev–Trinajstić information content (AvgIpc) is 3.06. The van der Waals surface area contributed by atoms with Crippen LogP contribution < -0.4 is 10.2 Å². The van der Waals surface area contributed by atoms with Crippen LogP contribution in [0.1, 0.15) is 46.5 Å². The van der Waals surface area contributed by atoms with Crippen molar-refractivity contribution in [3.05, 3.63) is 28.7 Å². The second kappa shape index (κ2) is 9.37. The smallest absolute Gasteiger partial charge is 0.407 e. The number of piperidine rings is 1. The molecule has 2 fully saturated rings. The molecule has 1 aromatic carbocycles. The van der Waals surface area contributed by atoms with E-state index in [0.29, 0.717) is 26.1 Å². The maximum atomic E-state index is 13.3. The van der Waals surface area contributed by atoms with E-state index in [1.54, 1.807) is 9.80 Å². The van der Waals surface area contributed by atoms with Crippen LogP contribution in [0.3, 0.4) is 0 Å². The fourth-order valence-electron chi connectivity index (χ4n) is 4.04. The van der Waals surface area contributed by atoms with E-state index < -0.39 is 17.6 Å². The molecule has 3 amide bonds. The molecule has 164 valence electrons. The van der Waals surface area contributed by atoms with Crippen molar-refractivity contribution in [2.75, 3.05) is 24.5 Å². The second-order valence-corrected chi connectivity index (χ2v) is 9.70. The van der Waals surface area contributed by atoms with E-state index in [0.717, 1.165) is 29.4 Å². The summed E-state index contributed by atoms with van der Waals surface area (Å²) in [7, 11) is 0. The number of likely N-dealkylation sites (tertiary alicyclic amines) is 1. The first kappa shape index (κ1) is 22.6. The minimum Gasteiger partial charge on any atom is -0.444 e. The van der Waals surface area contributed by atoms with Gasteiger partial charge in [0.2, 0.25) is 11.8 Å². The van der Waals surface area contributed by atoms with Crippen LogP contribution in [0.15, 0.2) is 28.7 Å². The van der Waals surface area contributed by atoms with Crippen LogP contribution in [-0.4, -0.2) is 54.1 Å². The highest BCUT2D eigenvalue weighted by atomic mass is 79.9. The molecule has 1 N–H and O–H groups in total. The van der Waals surface area contributed by atoms with Crippen LogP contribution in [-0.2, 0) is 14.3 Å². The molecular formula is C22H30BrN3O4. The Morgan fingerprint density at radius 2 is 1.90 bits per heavy atom. The number of carbonyl (C=O) groups excluding carboxylic acids is 3. The molecule has 0 aromatic heterocycles. The number of hydrogen-bond donors (Lipinski definition) is 1. The lowest BCUT2D eigenvalue weighted by Gasteiger charge is -2.37. The van der Waals surface area contributed by atoms with Gasteiger partial charge in [-0.2, -0.15) is 0 Å². The number of amides is 3. The van der Waals surface area contributed by atoms with Crippen molar-refractivity contribution in [3.8, 4) is 0 Å². The number of benzene rings is 1. The van der Waals surface area contributed by atoms with E-state index in [-0.39, 0.29) is 17.9 Å². The van der Waals surface area contributed by atoms with Gasteiger partial charge in [0.05, 0.1) is 5.69 Å². The summed E-state index contributed by atoms with van der Waals surface area (Å²) in [6.07, 6.45) is 2.71. The van der Waals surface area contributed by atoms with Gasteiger partial charge in [-0.25, -0.2) is 4.79 Å². The molecule has 3 rings (SSSR count). The van der Waals surface area contributed by atoms with Crippen LogP contribution in [0.4, 0.5) is 10.5 Å². The molecule has 0 spiro atoms. The molecular weight excluding hydrogens is 450 g/mol. The van der Waals surface area contributed by atoms with Crippen LogP contribution in [0.2, 0.25) is 0 Å². The Hall–Kier alpha value is -2.09. The SMILES string of the molecule is CC(C)(C)OC(=O)NCC1CCCCN1C(=O)C1CCN(c2ccccc2Br)C1=O. The first-order valence-corrected chi connectivity index (χ1v) is 11.3. The fourth-order valence-corrected chi connectivity index (χ4v) is 4.54. The van der Waals surface area contributed by atoms with Crippen LogP contribution >= 0.6 is 15.9 Å². The second-order valence-electron chi connectivity index (χ2n) is 8.85. The third-order valence-corrected chi connectivity index (χ3v) is 6.11. The number of halogens is 1. The molecule has 2 aliphatic heterocycles. The molecule has 1 aromatic rings. The van der Waals surface area contributed by atoms with Gasteiger partial charge >= 0.3 is 6.09 Å². The standard InChI is InChI=1S/C22H30BrN3O4/c1-22(2,3)30-21(29)24-14-15-8-6-7-12-25(15)19(27)16-11-13-26(20(16)28)18-10-5-4-9-17(18)23/h4-5,9-10,15-16H,6-8,11-14H2,1-3H3,(H,24,29). The number of anilines is 1. The van der Waals surface area contributed by atoms with Crippen molar-refractivity contribution in [3.63, 3.8) is 0 Å². The highest BCUT2D eigenvalue weighted by Gasteiger charge is 2.42. The Morgan fingerprint density at radius 1 is 1.17 bits per heavy atom. The van der Waals surface area contributed by atoms with Crippen molar-refractivity contribution in [2.24, 2.45) is 5.92 Å². The van der Waals surface area contributed by atoms with Crippen LogP contribution in [0.25, 0.3) is 0 Å². The molecule has 0 saturated carbocycles. The number of rotatable bonds is 4. The molecule has 8 heteroatoms. The summed E-state index contributed by atoms with van der Waals surface area (Å²) in [5.74, 6) is -0.958. The number of carbonyl (C=O) groups is 3. The monoisotopic (exact) mass is 479 g/mol. The number of ether oxygens (including phenoxy) is 1. The van der Waals surface area contributed by atoms with Gasteiger partial charge in [-0.05, 0) is 74.5 Å². The van der Waals surface area contributed by atoms with Crippen molar-refractivity contribution in [2.45, 2.75) is 58.1 Å². The highest BCUT2D eigenvalue weighted by molar-refractivity contribution is 9.10. The van der Waals surface area contributed by atoms with Crippen molar-refractivity contribution < 1.29 is 19.1 Å². The Labute approximate surface area is 186 Å². The quantitative estimate of drug-likeness (QED) is 0.667. The molecule has 2 heterocycles. The number of alkyl carbamates (subject to hydrolysis) is 1. The lowest BCUT2D eigenvalue weighted by molar-refractivity contribution is -0.142. The van der Waals surface area contributed by atoms with Gasteiger partial charge in [0.1, 0.15) is 11.5 Å². The molecule has 2 aliphatic rings. The first-order chi connectivity index (χ1) is 14.2. The predicted octanol–water partition coefficient (Wildman–Crippen LogP) is 3.71. The zero-order valence-corrected chi connectivity index (χ0v) is 19.4. The maximum absolute atomic E-state index is 13.3. The van der Waals surface area contributed by atoms with E-state index in [9.17, 15) is 14.4 Å². The number of nitrogens with one attached hydrogen (secondary N) is 1. The Bertz CT molecular complexity index is 808. The molecule has 0 radical (unpaired) electrons. The number of nitrogens with zero attached hydrogens (tertiary/aromatic N) is 2. The Kier molecular flexibility index (Phi) is 7.06. The van der Waals surface area contributed by atoms with E-state index in [4.69, 9.17) is 4.74 Å². The van der Waals surface area contributed by atoms with Gasteiger partial charge in [-0.3, -0.25) is 9.59 Å². The summed E-state index contributed by atoms with van der Waals surface area (Å²) in [5, 5.41) is 2.78. The Balaban J connectivity index is 1.65. The zero-order chi connectivity index (χ0) is 21.9. The lowest BCUT2D eigenvalue weighted by Crippen LogP contribution is -2.52. The summed E-state index contributed by atoms with van der Waals surface area (Å²) in [6.45, 7) is 6.89. The van der Waals surface area contributed by atoms with E-state index >= 15 is 0 Å². The largest absolute Gasteiger partial charge is 0.444 e. The summed E-state index contributed by atoms with van der Waals surface area (Å²) >= 11 is 3.49. The van der Waals surface area contributed by atoms with E-state index in [2.05, 4.69) is 21.2 Å². The highest BCUT2D eigenvalue weighted by Crippen LogP contribution is 2.33. The Morgan fingerprint density at radius 3 is 2.60 bits per heavy atom. The molecule has 2 unspecified atom stereocenters. The molecule has 2 atom stereocenters. The van der Waals surface area contributed by atoms with Crippen LogP contribution in [0, 0.1) is 5.92 Å². The molecule has 2 saturated heterocycles.